The quantitative estimate of drug-likeness (QED) is 0.692. The van der Waals surface area contributed by atoms with Gasteiger partial charge in [0.2, 0.25) is 0 Å². The number of benzene rings is 1. The van der Waals surface area contributed by atoms with Gasteiger partial charge in [0.1, 0.15) is 12.4 Å². The first-order chi connectivity index (χ1) is 8.17. The molecule has 0 atom stereocenters. The Balaban J connectivity index is 2.55. The van der Waals surface area contributed by atoms with Gasteiger partial charge in [0.05, 0.1) is 0 Å². The molecule has 17 heavy (non-hydrogen) atoms. The molecule has 0 amide bonds. The van der Waals surface area contributed by atoms with Gasteiger partial charge < -0.3 is 14.2 Å². The molecule has 1 aromatic rings. The second-order valence-corrected chi connectivity index (χ2v) is 3.23. The number of hydrogen-bond donors (Lipinski definition) is 0. The third-order valence-electron chi connectivity index (χ3n) is 1.97. The lowest BCUT2D eigenvalue weighted by molar-refractivity contribution is -0.152. The fourth-order valence-electron chi connectivity index (χ4n) is 1.26. The van der Waals surface area contributed by atoms with Crippen molar-refractivity contribution < 1.29 is 23.0 Å². The highest BCUT2D eigenvalue weighted by Crippen LogP contribution is 2.18. The average molecular weight is 246 g/mol. The zero-order valence-corrected chi connectivity index (χ0v) is 9.91. The Morgan fingerprint density at radius 3 is 2.35 bits per heavy atom. The molecule has 96 valence electrons. The van der Waals surface area contributed by atoms with Crippen LogP contribution in [-0.4, -0.2) is 26.1 Å². The van der Waals surface area contributed by atoms with Gasteiger partial charge in [0.15, 0.2) is 17.9 Å². The van der Waals surface area contributed by atoms with Gasteiger partial charge in [-0.3, -0.25) is 0 Å². The molecular weight excluding hydrogens is 230 g/mol. The van der Waals surface area contributed by atoms with E-state index >= 15 is 0 Å². The maximum absolute atomic E-state index is 13.2. The van der Waals surface area contributed by atoms with Gasteiger partial charge in [0.25, 0.3) is 0 Å². The maximum atomic E-state index is 13.2. The molecule has 0 aromatic heterocycles. The fourth-order valence-corrected chi connectivity index (χ4v) is 1.26. The molecule has 0 bridgehead atoms. The van der Waals surface area contributed by atoms with Gasteiger partial charge in [-0.25, -0.2) is 8.78 Å². The van der Waals surface area contributed by atoms with E-state index in [4.69, 9.17) is 14.2 Å². The number of halogens is 2. The molecule has 0 aliphatic rings. The highest BCUT2D eigenvalue weighted by molar-refractivity contribution is 5.24. The molecule has 0 saturated heterocycles. The van der Waals surface area contributed by atoms with Crippen LogP contribution in [0.5, 0.6) is 5.75 Å². The monoisotopic (exact) mass is 246 g/mol. The van der Waals surface area contributed by atoms with Crippen LogP contribution in [0.25, 0.3) is 0 Å². The molecule has 0 fully saturated rings. The van der Waals surface area contributed by atoms with Crippen LogP contribution >= 0.6 is 0 Å². The van der Waals surface area contributed by atoms with Gasteiger partial charge in [-0.05, 0) is 26.0 Å². The Morgan fingerprint density at radius 2 is 1.76 bits per heavy atom. The second kappa shape index (κ2) is 7.19. The predicted octanol–water partition coefficient (Wildman–Crippen LogP) is 2.74. The summed E-state index contributed by atoms with van der Waals surface area (Å²) in [6.07, 6.45) is -0.576. The van der Waals surface area contributed by atoms with Crippen LogP contribution in [0.1, 0.15) is 13.8 Å². The third-order valence-corrected chi connectivity index (χ3v) is 1.97. The van der Waals surface area contributed by atoms with E-state index in [1.165, 1.54) is 0 Å². The third kappa shape index (κ3) is 4.66. The van der Waals surface area contributed by atoms with E-state index in [2.05, 4.69) is 0 Å². The van der Waals surface area contributed by atoms with Gasteiger partial charge in [-0.2, -0.15) is 0 Å². The number of hydrogen-bond acceptors (Lipinski definition) is 3. The largest absolute Gasteiger partial charge is 0.485 e. The van der Waals surface area contributed by atoms with Crippen LogP contribution < -0.4 is 4.74 Å². The van der Waals surface area contributed by atoms with Gasteiger partial charge >= 0.3 is 0 Å². The first kappa shape index (κ1) is 13.9. The smallest absolute Gasteiger partial charge is 0.191 e. The van der Waals surface area contributed by atoms with E-state index in [9.17, 15) is 8.78 Å². The molecule has 0 aliphatic carbocycles. The summed E-state index contributed by atoms with van der Waals surface area (Å²) in [5.41, 5.74) is 0. The summed E-state index contributed by atoms with van der Waals surface area (Å²) in [6.45, 7) is 4.56. The van der Waals surface area contributed by atoms with Crippen LogP contribution in [0.15, 0.2) is 18.2 Å². The van der Waals surface area contributed by atoms with Crippen LogP contribution in [0.3, 0.4) is 0 Å². The summed E-state index contributed by atoms with van der Waals surface area (Å²) in [5.74, 6) is -1.31. The van der Waals surface area contributed by atoms with Crippen LogP contribution in [0.2, 0.25) is 0 Å². The summed E-state index contributed by atoms with van der Waals surface area (Å²) in [7, 11) is 0. The van der Waals surface area contributed by atoms with E-state index in [1.54, 1.807) is 0 Å². The van der Waals surface area contributed by atoms with Crippen molar-refractivity contribution in [1.82, 2.24) is 0 Å². The first-order valence-corrected chi connectivity index (χ1v) is 5.48. The average Bonchev–Trinajstić information content (AvgIpc) is 2.30. The molecule has 0 saturated carbocycles. The lowest BCUT2D eigenvalue weighted by Gasteiger charge is -2.17. The topological polar surface area (TPSA) is 27.7 Å². The Hall–Kier alpha value is -1.20. The van der Waals surface area contributed by atoms with E-state index in [0.717, 1.165) is 18.2 Å². The Labute approximate surface area is 99.3 Å². The van der Waals surface area contributed by atoms with Crippen molar-refractivity contribution >= 4 is 0 Å². The second-order valence-electron chi connectivity index (χ2n) is 3.23. The molecular formula is C12H16F2O3. The normalized spacial score (nSPS) is 10.9. The minimum Gasteiger partial charge on any atom is -0.485 e. The Bertz CT molecular complexity index is 339. The molecule has 0 unspecified atom stereocenters. The zero-order chi connectivity index (χ0) is 12.7. The highest BCUT2D eigenvalue weighted by Gasteiger charge is 2.11. The summed E-state index contributed by atoms with van der Waals surface area (Å²) >= 11 is 0. The molecule has 0 spiro atoms. The predicted molar refractivity (Wildman–Crippen MR) is 58.9 cm³/mol. The zero-order valence-electron chi connectivity index (χ0n) is 9.91. The standard InChI is InChI=1S/C12H16F2O3/c1-3-15-12(16-4-2)8-17-11-7-9(13)5-6-10(11)14/h5-7,12H,3-4,8H2,1-2H3. The van der Waals surface area contributed by atoms with Crippen molar-refractivity contribution in [2.24, 2.45) is 0 Å². The number of rotatable bonds is 7. The SMILES string of the molecule is CCOC(COc1cc(F)ccc1F)OCC. The molecule has 5 heteroatoms. The van der Waals surface area contributed by atoms with Crippen molar-refractivity contribution in [3.05, 3.63) is 29.8 Å². The minimum atomic E-state index is -0.613. The molecule has 0 N–H and O–H groups in total. The van der Waals surface area contributed by atoms with Crippen LogP contribution in [0.4, 0.5) is 8.78 Å². The molecule has 1 rings (SSSR count). The highest BCUT2D eigenvalue weighted by atomic mass is 19.1. The van der Waals surface area contributed by atoms with E-state index < -0.39 is 17.9 Å². The van der Waals surface area contributed by atoms with Crippen LogP contribution in [0, 0.1) is 11.6 Å². The molecule has 0 aliphatic heterocycles. The van der Waals surface area contributed by atoms with E-state index in [1.807, 2.05) is 13.8 Å². The van der Waals surface area contributed by atoms with Gasteiger partial charge in [0, 0.05) is 19.3 Å². The summed E-state index contributed by atoms with van der Waals surface area (Å²) in [4.78, 5) is 0. The molecule has 0 radical (unpaired) electrons. The van der Waals surface area contributed by atoms with Gasteiger partial charge in [-0.15, -0.1) is 0 Å². The van der Waals surface area contributed by atoms with E-state index in [0.29, 0.717) is 13.2 Å². The van der Waals surface area contributed by atoms with Crippen molar-refractivity contribution in [1.29, 1.82) is 0 Å². The fraction of sp³-hybridized carbons (Fsp3) is 0.500. The Kier molecular flexibility index (Phi) is 5.86. The Morgan fingerprint density at radius 1 is 1.12 bits per heavy atom. The van der Waals surface area contributed by atoms with Crippen molar-refractivity contribution in [2.75, 3.05) is 19.8 Å². The van der Waals surface area contributed by atoms with Crippen molar-refractivity contribution in [2.45, 2.75) is 20.1 Å². The minimum absolute atomic E-state index is 0.0159. The molecule has 3 nitrogen and oxygen atoms in total. The lowest BCUT2D eigenvalue weighted by atomic mass is 10.3. The summed E-state index contributed by atoms with van der Waals surface area (Å²) < 4.78 is 41.6. The lowest BCUT2D eigenvalue weighted by Crippen LogP contribution is -2.25. The van der Waals surface area contributed by atoms with Crippen molar-refractivity contribution in [3.8, 4) is 5.75 Å². The first-order valence-electron chi connectivity index (χ1n) is 5.48. The van der Waals surface area contributed by atoms with E-state index in [-0.39, 0.29) is 12.4 Å². The number of ether oxygens (including phenoxy) is 3. The summed E-state index contributed by atoms with van der Waals surface area (Å²) in [6, 6.07) is 3.04. The maximum Gasteiger partial charge on any atom is 0.191 e. The van der Waals surface area contributed by atoms with Crippen LogP contribution in [-0.2, 0) is 9.47 Å². The van der Waals surface area contributed by atoms with Gasteiger partial charge in [-0.1, -0.05) is 0 Å². The summed E-state index contributed by atoms with van der Waals surface area (Å²) in [5, 5.41) is 0. The van der Waals surface area contributed by atoms with Crippen molar-refractivity contribution in [3.63, 3.8) is 0 Å². The molecule has 0 heterocycles. The molecule has 1 aromatic carbocycles.